The third kappa shape index (κ3) is 2.32. The number of benzene rings is 1. The maximum atomic E-state index is 13.3. The van der Waals surface area contributed by atoms with Gasteiger partial charge in [-0.05, 0) is 19.1 Å². The third-order valence-electron chi connectivity index (χ3n) is 2.22. The van der Waals surface area contributed by atoms with E-state index in [1.54, 1.807) is 0 Å². The van der Waals surface area contributed by atoms with Crippen molar-refractivity contribution in [1.29, 1.82) is 0 Å². The lowest BCUT2D eigenvalue weighted by Gasteiger charge is -2.18. The normalized spacial score (nSPS) is 15.5. The van der Waals surface area contributed by atoms with Gasteiger partial charge in [0.1, 0.15) is 5.82 Å². The van der Waals surface area contributed by atoms with Crippen molar-refractivity contribution in [2.24, 2.45) is 0 Å². The van der Waals surface area contributed by atoms with Crippen LogP contribution in [0.2, 0.25) is 0 Å². The van der Waals surface area contributed by atoms with Crippen LogP contribution in [0.1, 0.15) is 17.3 Å². The molecule has 1 atom stereocenters. The van der Waals surface area contributed by atoms with E-state index in [0.717, 1.165) is 12.3 Å². The molecule has 0 fully saturated rings. The van der Waals surface area contributed by atoms with Gasteiger partial charge in [-0.1, -0.05) is 28.1 Å². The summed E-state index contributed by atoms with van der Waals surface area (Å²) in [4.78, 5) is 11.9. The minimum absolute atomic E-state index is 0.243. The Kier molecular flexibility index (Phi) is 3.54. The number of ketones is 1. The van der Waals surface area contributed by atoms with E-state index < -0.39 is 25.1 Å². The molecule has 0 saturated carbocycles. The lowest BCUT2D eigenvalue weighted by atomic mass is 10.1. The summed E-state index contributed by atoms with van der Waals surface area (Å²) >= 11 is 2.83. The topological polar surface area (TPSA) is 51.2 Å². The van der Waals surface area contributed by atoms with E-state index in [1.165, 1.54) is 25.1 Å². The molecule has 1 rings (SSSR count). The maximum absolute atomic E-state index is 13.3. The molecule has 0 radical (unpaired) electrons. The highest BCUT2D eigenvalue weighted by molar-refractivity contribution is 9.12. The number of carbonyl (C=O) groups excluding carboxylic acids is 1. The summed E-state index contributed by atoms with van der Waals surface area (Å²) in [6.07, 6.45) is 0.917. The van der Waals surface area contributed by atoms with Crippen LogP contribution in [-0.2, 0) is 9.84 Å². The standard InChI is InChI=1S/C10H10BrFO3S/c1-10(11,16(2,14)15)9(13)7-5-3-4-6-8(7)12/h3-6H,1-2H3. The lowest BCUT2D eigenvalue weighted by molar-refractivity contribution is 0.0979. The third-order valence-corrected chi connectivity index (χ3v) is 5.92. The molecule has 0 spiro atoms. The molecular weight excluding hydrogens is 299 g/mol. The minimum atomic E-state index is -3.67. The van der Waals surface area contributed by atoms with Crippen LogP contribution < -0.4 is 0 Å². The molecule has 3 nitrogen and oxygen atoms in total. The Hall–Kier alpha value is -0.750. The van der Waals surface area contributed by atoms with Crippen molar-refractivity contribution in [2.75, 3.05) is 6.26 Å². The summed E-state index contributed by atoms with van der Waals surface area (Å²) in [7, 11) is -3.67. The second kappa shape index (κ2) is 4.25. The highest BCUT2D eigenvalue weighted by atomic mass is 79.9. The molecule has 88 valence electrons. The van der Waals surface area contributed by atoms with E-state index in [-0.39, 0.29) is 5.56 Å². The van der Waals surface area contributed by atoms with E-state index in [1.807, 2.05) is 0 Å². The van der Waals surface area contributed by atoms with Gasteiger partial charge in [0.2, 0.25) is 0 Å². The minimum Gasteiger partial charge on any atom is -0.291 e. The molecule has 0 aliphatic carbocycles. The van der Waals surface area contributed by atoms with Gasteiger partial charge in [0, 0.05) is 6.26 Å². The van der Waals surface area contributed by atoms with Gasteiger partial charge in [0.05, 0.1) is 5.56 Å². The number of carbonyl (C=O) groups is 1. The summed E-state index contributed by atoms with van der Waals surface area (Å²) in [5, 5.41) is 0. The SMILES string of the molecule is CC(Br)(C(=O)c1ccccc1F)S(C)(=O)=O. The second-order valence-corrected chi connectivity index (χ2v) is 7.97. The quantitative estimate of drug-likeness (QED) is 0.635. The molecule has 16 heavy (non-hydrogen) atoms. The van der Waals surface area contributed by atoms with Gasteiger partial charge in [0.15, 0.2) is 19.3 Å². The predicted octanol–water partition coefficient (Wildman–Crippen LogP) is 2.16. The summed E-state index contributed by atoms with van der Waals surface area (Å²) in [6, 6.07) is 5.26. The van der Waals surface area contributed by atoms with Crippen molar-refractivity contribution in [3.8, 4) is 0 Å². The molecule has 0 bridgehead atoms. The molecule has 1 aromatic rings. The van der Waals surface area contributed by atoms with E-state index in [0.29, 0.717) is 0 Å². The largest absolute Gasteiger partial charge is 0.291 e. The number of hydrogen-bond acceptors (Lipinski definition) is 3. The van der Waals surface area contributed by atoms with Crippen LogP contribution in [0.3, 0.4) is 0 Å². The van der Waals surface area contributed by atoms with Gasteiger partial charge < -0.3 is 0 Å². The summed E-state index contributed by atoms with van der Waals surface area (Å²) in [5.41, 5.74) is -0.243. The summed E-state index contributed by atoms with van der Waals surface area (Å²) < 4.78 is 34.3. The summed E-state index contributed by atoms with van der Waals surface area (Å²) in [6.45, 7) is 1.19. The average Bonchev–Trinajstić information content (AvgIpc) is 2.15. The fraction of sp³-hybridized carbons (Fsp3) is 0.300. The van der Waals surface area contributed by atoms with E-state index in [2.05, 4.69) is 15.9 Å². The molecule has 6 heteroatoms. The van der Waals surface area contributed by atoms with Crippen molar-refractivity contribution < 1.29 is 17.6 Å². The Morgan fingerprint density at radius 1 is 1.38 bits per heavy atom. The Labute approximate surface area is 102 Å². The van der Waals surface area contributed by atoms with Crippen LogP contribution in [0.15, 0.2) is 24.3 Å². The molecule has 0 aliphatic heterocycles. The molecular formula is C10H10BrFO3S. The Balaban J connectivity index is 3.29. The first kappa shape index (κ1) is 13.3. The second-order valence-electron chi connectivity index (χ2n) is 3.50. The number of hydrogen-bond donors (Lipinski definition) is 0. The molecule has 0 heterocycles. The van der Waals surface area contributed by atoms with Crippen LogP contribution in [-0.4, -0.2) is 24.1 Å². The van der Waals surface area contributed by atoms with Crippen molar-refractivity contribution in [3.63, 3.8) is 0 Å². The Bertz CT molecular complexity index is 523. The first-order valence-corrected chi connectivity index (χ1v) is 7.04. The van der Waals surface area contributed by atoms with Crippen LogP contribution in [0.5, 0.6) is 0 Å². The molecule has 0 N–H and O–H groups in total. The molecule has 0 aromatic heterocycles. The Morgan fingerprint density at radius 2 is 1.88 bits per heavy atom. The van der Waals surface area contributed by atoms with Gasteiger partial charge in [-0.2, -0.15) is 0 Å². The van der Waals surface area contributed by atoms with Crippen molar-refractivity contribution in [3.05, 3.63) is 35.6 Å². The highest BCUT2D eigenvalue weighted by Gasteiger charge is 2.42. The maximum Gasteiger partial charge on any atom is 0.197 e. The number of Topliss-reactive ketones (excluding diaryl/α,β-unsaturated/α-hetero) is 1. The van der Waals surface area contributed by atoms with Crippen molar-refractivity contribution in [2.45, 2.75) is 10.6 Å². The Morgan fingerprint density at radius 3 is 2.31 bits per heavy atom. The molecule has 1 aromatic carbocycles. The average molecular weight is 309 g/mol. The number of halogens is 2. The fourth-order valence-electron chi connectivity index (χ4n) is 1.05. The van der Waals surface area contributed by atoms with Crippen LogP contribution >= 0.6 is 15.9 Å². The van der Waals surface area contributed by atoms with Crippen LogP contribution in [0, 0.1) is 5.82 Å². The molecule has 0 amide bonds. The van der Waals surface area contributed by atoms with Crippen LogP contribution in [0.25, 0.3) is 0 Å². The van der Waals surface area contributed by atoms with E-state index >= 15 is 0 Å². The predicted molar refractivity (Wildman–Crippen MR) is 62.9 cm³/mol. The van der Waals surface area contributed by atoms with Gasteiger partial charge in [-0.3, -0.25) is 4.79 Å². The van der Waals surface area contributed by atoms with Crippen molar-refractivity contribution in [1.82, 2.24) is 0 Å². The molecule has 0 saturated heterocycles. The fourth-order valence-corrected chi connectivity index (χ4v) is 1.71. The monoisotopic (exact) mass is 308 g/mol. The van der Waals surface area contributed by atoms with Gasteiger partial charge in [-0.25, -0.2) is 12.8 Å². The van der Waals surface area contributed by atoms with E-state index in [9.17, 15) is 17.6 Å². The smallest absolute Gasteiger partial charge is 0.197 e. The van der Waals surface area contributed by atoms with E-state index in [4.69, 9.17) is 0 Å². The van der Waals surface area contributed by atoms with Crippen LogP contribution in [0.4, 0.5) is 4.39 Å². The van der Waals surface area contributed by atoms with Gasteiger partial charge in [0.25, 0.3) is 0 Å². The first-order chi connectivity index (χ1) is 7.18. The zero-order valence-electron chi connectivity index (χ0n) is 8.70. The first-order valence-electron chi connectivity index (χ1n) is 4.36. The molecule has 1 unspecified atom stereocenters. The molecule has 0 aliphatic rings. The lowest BCUT2D eigenvalue weighted by Crippen LogP contribution is -2.37. The number of alkyl halides is 1. The van der Waals surface area contributed by atoms with Crippen molar-refractivity contribution >= 4 is 31.6 Å². The highest BCUT2D eigenvalue weighted by Crippen LogP contribution is 2.29. The van der Waals surface area contributed by atoms with Gasteiger partial charge >= 0.3 is 0 Å². The number of sulfone groups is 1. The zero-order valence-corrected chi connectivity index (χ0v) is 11.1. The number of rotatable bonds is 3. The zero-order chi connectivity index (χ0) is 12.6. The summed E-state index contributed by atoms with van der Waals surface area (Å²) in [5.74, 6) is -1.55. The van der Waals surface area contributed by atoms with Gasteiger partial charge in [-0.15, -0.1) is 0 Å².